The van der Waals surface area contributed by atoms with Crippen LogP contribution in [0.4, 0.5) is 0 Å². The molecule has 1 aromatic carbocycles. The molecule has 0 aromatic heterocycles. The molecule has 0 saturated heterocycles. The predicted octanol–water partition coefficient (Wildman–Crippen LogP) is 4.26. The van der Waals surface area contributed by atoms with E-state index in [0.29, 0.717) is 11.1 Å². The van der Waals surface area contributed by atoms with Crippen molar-refractivity contribution >= 4 is 11.6 Å². The summed E-state index contributed by atoms with van der Waals surface area (Å²) in [5.41, 5.74) is 1.19. The van der Waals surface area contributed by atoms with E-state index in [4.69, 9.17) is 16.3 Å². The monoisotopic (exact) mass is 269 g/mol. The molecule has 0 spiro atoms. The molecule has 1 rings (SSSR count). The fraction of sp³-hybridized carbons (Fsp3) is 0.600. The van der Waals surface area contributed by atoms with E-state index in [-0.39, 0.29) is 0 Å². The Morgan fingerprint density at radius 3 is 2.44 bits per heavy atom. The highest BCUT2D eigenvalue weighted by Crippen LogP contribution is 2.25. The number of hydrogen-bond acceptors (Lipinski definition) is 2. The molecule has 0 saturated carbocycles. The van der Waals surface area contributed by atoms with E-state index in [2.05, 4.69) is 32.2 Å². The minimum Gasteiger partial charge on any atom is -0.495 e. The molecule has 2 nitrogen and oxygen atoms in total. The van der Waals surface area contributed by atoms with Gasteiger partial charge in [0, 0.05) is 12.6 Å². The molecule has 0 bridgehead atoms. The van der Waals surface area contributed by atoms with Gasteiger partial charge in [-0.3, -0.25) is 0 Å². The number of halogens is 1. The summed E-state index contributed by atoms with van der Waals surface area (Å²) >= 11 is 6.11. The highest BCUT2D eigenvalue weighted by Gasteiger charge is 2.12. The third-order valence-electron chi connectivity index (χ3n) is 3.60. The van der Waals surface area contributed by atoms with Gasteiger partial charge in [0.15, 0.2) is 0 Å². The molecule has 0 aliphatic rings. The maximum absolute atomic E-state index is 6.11. The van der Waals surface area contributed by atoms with E-state index in [9.17, 15) is 0 Å². The van der Waals surface area contributed by atoms with Crippen molar-refractivity contribution in [1.82, 2.24) is 5.32 Å². The zero-order chi connectivity index (χ0) is 13.5. The van der Waals surface area contributed by atoms with Crippen LogP contribution in [0.2, 0.25) is 5.02 Å². The SMILES string of the molecule is CCC(CC)C(C)NCc1ccc(OC)c(Cl)c1. The summed E-state index contributed by atoms with van der Waals surface area (Å²) in [6, 6.07) is 6.46. The van der Waals surface area contributed by atoms with Crippen LogP contribution in [0.15, 0.2) is 18.2 Å². The Hall–Kier alpha value is -0.730. The lowest BCUT2D eigenvalue weighted by molar-refractivity contribution is 0.353. The average molecular weight is 270 g/mol. The molecule has 0 amide bonds. The minimum absolute atomic E-state index is 0.529. The number of hydrogen-bond donors (Lipinski definition) is 1. The molecule has 3 heteroatoms. The largest absolute Gasteiger partial charge is 0.495 e. The first kappa shape index (κ1) is 15.3. The summed E-state index contributed by atoms with van der Waals surface area (Å²) in [5, 5.41) is 4.24. The van der Waals surface area contributed by atoms with Crippen molar-refractivity contribution in [2.24, 2.45) is 5.92 Å². The Labute approximate surface area is 116 Å². The van der Waals surface area contributed by atoms with Crippen LogP contribution in [0.25, 0.3) is 0 Å². The van der Waals surface area contributed by atoms with E-state index in [1.165, 1.54) is 18.4 Å². The van der Waals surface area contributed by atoms with Crippen molar-refractivity contribution in [1.29, 1.82) is 0 Å². The van der Waals surface area contributed by atoms with Crippen LogP contribution < -0.4 is 10.1 Å². The van der Waals surface area contributed by atoms with E-state index < -0.39 is 0 Å². The number of methoxy groups -OCH3 is 1. The molecule has 1 N–H and O–H groups in total. The Morgan fingerprint density at radius 1 is 1.28 bits per heavy atom. The van der Waals surface area contributed by atoms with Crippen LogP contribution in [-0.4, -0.2) is 13.2 Å². The van der Waals surface area contributed by atoms with Crippen molar-refractivity contribution in [3.8, 4) is 5.75 Å². The van der Waals surface area contributed by atoms with Crippen molar-refractivity contribution in [3.05, 3.63) is 28.8 Å². The van der Waals surface area contributed by atoms with Gasteiger partial charge in [-0.05, 0) is 30.5 Å². The first-order valence-electron chi connectivity index (χ1n) is 6.68. The van der Waals surface area contributed by atoms with Gasteiger partial charge in [-0.1, -0.05) is 44.4 Å². The van der Waals surface area contributed by atoms with Crippen molar-refractivity contribution in [3.63, 3.8) is 0 Å². The van der Waals surface area contributed by atoms with Gasteiger partial charge in [0.1, 0.15) is 5.75 Å². The Bertz CT molecular complexity index is 364. The van der Waals surface area contributed by atoms with Crippen molar-refractivity contribution in [2.45, 2.75) is 46.2 Å². The quantitative estimate of drug-likeness (QED) is 0.798. The van der Waals surface area contributed by atoms with Gasteiger partial charge in [-0.25, -0.2) is 0 Å². The predicted molar refractivity (Wildman–Crippen MR) is 78.4 cm³/mol. The molecule has 0 fully saturated rings. The standard InChI is InChI=1S/C15H24ClNO/c1-5-13(6-2)11(3)17-10-12-7-8-15(18-4)14(16)9-12/h7-9,11,13,17H,5-6,10H2,1-4H3. The summed E-state index contributed by atoms with van der Waals surface area (Å²) in [7, 11) is 1.63. The second-order valence-electron chi connectivity index (χ2n) is 4.72. The fourth-order valence-electron chi connectivity index (χ4n) is 2.26. The molecule has 1 unspecified atom stereocenters. The summed E-state index contributed by atoms with van der Waals surface area (Å²) < 4.78 is 5.15. The molecule has 0 aliphatic carbocycles. The second-order valence-corrected chi connectivity index (χ2v) is 5.12. The Kier molecular flexibility index (Phi) is 6.51. The number of ether oxygens (including phenoxy) is 1. The lowest BCUT2D eigenvalue weighted by atomic mass is 9.95. The average Bonchev–Trinajstić information content (AvgIpc) is 2.38. The third kappa shape index (κ3) is 4.18. The highest BCUT2D eigenvalue weighted by molar-refractivity contribution is 6.32. The van der Waals surface area contributed by atoms with Crippen molar-refractivity contribution < 1.29 is 4.74 Å². The molecular weight excluding hydrogens is 246 g/mol. The van der Waals surface area contributed by atoms with Gasteiger partial charge >= 0.3 is 0 Å². The topological polar surface area (TPSA) is 21.3 Å². The normalized spacial score (nSPS) is 12.8. The maximum Gasteiger partial charge on any atom is 0.137 e. The number of nitrogens with one attached hydrogen (secondary N) is 1. The molecule has 1 aromatic rings. The van der Waals surface area contributed by atoms with Gasteiger partial charge in [-0.2, -0.15) is 0 Å². The van der Waals surface area contributed by atoms with Crippen LogP contribution in [0.3, 0.4) is 0 Å². The van der Waals surface area contributed by atoms with Crippen LogP contribution >= 0.6 is 11.6 Å². The Balaban J connectivity index is 2.55. The summed E-state index contributed by atoms with van der Waals surface area (Å²) in [6.07, 6.45) is 2.43. The van der Waals surface area contributed by atoms with Crippen LogP contribution in [0.1, 0.15) is 39.2 Å². The molecule has 0 heterocycles. The third-order valence-corrected chi connectivity index (χ3v) is 3.90. The minimum atomic E-state index is 0.529. The van der Waals surface area contributed by atoms with E-state index in [0.717, 1.165) is 18.2 Å². The smallest absolute Gasteiger partial charge is 0.137 e. The first-order valence-corrected chi connectivity index (χ1v) is 7.05. The Morgan fingerprint density at radius 2 is 1.94 bits per heavy atom. The second kappa shape index (κ2) is 7.65. The summed E-state index contributed by atoms with van der Waals surface area (Å²) in [5.74, 6) is 1.46. The summed E-state index contributed by atoms with van der Waals surface area (Å²) in [6.45, 7) is 7.59. The van der Waals surface area contributed by atoms with Gasteiger partial charge in [-0.15, -0.1) is 0 Å². The van der Waals surface area contributed by atoms with Gasteiger partial charge < -0.3 is 10.1 Å². The van der Waals surface area contributed by atoms with E-state index in [1.54, 1.807) is 7.11 Å². The first-order chi connectivity index (χ1) is 8.62. The highest BCUT2D eigenvalue weighted by atomic mass is 35.5. The molecule has 0 radical (unpaired) electrons. The zero-order valence-electron chi connectivity index (χ0n) is 11.8. The number of rotatable bonds is 7. The lowest BCUT2D eigenvalue weighted by Gasteiger charge is -2.22. The van der Waals surface area contributed by atoms with Crippen molar-refractivity contribution in [2.75, 3.05) is 7.11 Å². The van der Waals surface area contributed by atoms with E-state index in [1.807, 2.05) is 12.1 Å². The lowest BCUT2D eigenvalue weighted by Crippen LogP contribution is -2.32. The fourth-order valence-corrected chi connectivity index (χ4v) is 2.54. The molecule has 18 heavy (non-hydrogen) atoms. The van der Waals surface area contributed by atoms with E-state index >= 15 is 0 Å². The van der Waals surface area contributed by atoms with Crippen LogP contribution in [0, 0.1) is 5.92 Å². The van der Waals surface area contributed by atoms with Gasteiger partial charge in [0.2, 0.25) is 0 Å². The van der Waals surface area contributed by atoms with Crippen LogP contribution in [0.5, 0.6) is 5.75 Å². The van der Waals surface area contributed by atoms with Gasteiger partial charge in [0.25, 0.3) is 0 Å². The maximum atomic E-state index is 6.11. The molecular formula is C15H24ClNO. The van der Waals surface area contributed by atoms with Crippen LogP contribution in [-0.2, 0) is 6.54 Å². The molecule has 1 atom stereocenters. The molecule has 0 aliphatic heterocycles. The zero-order valence-corrected chi connectivity index (χ0v) is 12.6. The molecule has 102 valence electrons. The van der Waals surface area contributed by atoms with Gasteiger partial charge in [0.05, 0.1) is 12.1 Å². The number of benzene rings is 1. The summed E-state index contributed by atoms with van der Waals surface area (Å²) in [4.78, 5) is 0.